The zero-order valence-electron chi connectivity index (χ0n) is 14.2. The first-order chi connectivity index (χ1) is 12.5. The molecule has 0 radical (unpaired) electrons. The highest BCUT2D eigenvalue weighted by Crippen LogP contribution is 2.25. The molecule has 0 saturated carbocycles. The smallest absolute Gasteiger partial charge is 0.241 e. The summed E-state index contributed by atoms with van der Waals surface area (Å²) in [7, 11) is -3.67. The quantitative estimate of drug-likeness (QED) is 0.699. The number of nitrogens with zero attached hydrogens (tertiary/aromatic N) is 1. The van der Waals surface area contributed by atoms with Crippen molar-refractivity contribution in [1.29, 1.82) is 0 Å². The number of benzene rings is 2. The first kappa shape index (κ1) is 18.3. The van der Waals surface area contributed by atoms with Crippen molar-refractivity contribution in [3.8, 4) is 11.3 Å². The maximum absolute atomic E-state index is 12.2. The molecule has 1 heterocycles. The molecule has 5 nitrogen and oxygen atoms in total. The molecule has 1 amide bonds. The van der Waals surface area contributed by atoms with E-state index < -0.39 is 21.5 Å². The number of aryl methyl sites for hydroxylation is 1. The summed E-state index contributed by atoms with van der Waals surface area (Å²) in [4.78, 5) is 16.6. The summed E-state index contributed by atoms with van der Waals surface area (Å²) in [6.45, 7) is 2.09. The van der Waals surface area contributed by atoms with E-state index in [4.69, 9.17) is 0 Å². The third-order valence-electron chi connectivity index (χ3n) is 3.83. The number of aromatic nitrogens is 1. The highest BCUT2D eigenvalue weighted by atomic mass is 32.2. The molecular weight excluding hydrogens is 368 g/mol. The van der Waals surface area contributed by atoms with Crippen LogP contribution < -0.4 is 5.32 Å². The summed E-state index contributed by atoms with van der Waals surface area (Å²) >= 11 is 1.27. The van der Waals surface area contributed by atoms with E-state index in [0.717, 1.165) is 17.7 Å². The van der Waals surface area contributed by atoms with Crippen LogP contribution in [0.3, 0.4) is 0 Å². The van der Waals surface area contributed by atoms with Crippen LogP contribution in [0.25, 0.3) is 11.3 Å². The monoisotopic (exact) mass is 386 g/mol. The molecule has 0 aliphatic carbocycles. The van der Waals surface area contributed by atoms with Gasteiger partial charge in [-0.1, -0.05) is 49.4 Å². The standard InChI is InChI=1S/C19H18N2O3S2/c1-2-14-8-10-15(11-9-14)17-12-25-19(20-17)21-18(22)13-26(23,24)16-6-4-3-5-7-16/h3-12H,2,13H2,1H3,(H,20,21,22). The van der Waals surface area contributed by atoms with Crippen molar-refractivity contribution in [3.05, 3.63) is 65.5 Å². The minimum atomic E-state index is -3.67. The van der Waals surface area contributed by atoms with Gasteiger partial charge in [0.25, 0.3) is 0 Å². The van der Waals surface area contributed by atoms with E-state index in [-0.39, 0.29) is 4.90 Å². The van der Waals surface area contributed by atoms with Crippen molar-refractivity contribution in [2.45, 2.75) is 18.2 Å². The molecule has 0 spiro atoms. The van der Waals surface area contributed by atoms with Gasteiger partial charge in [0.1, 0.15) is 5.75 Å². The lowest BCUT2D eigenvalue weighted by Gasteiger charge is -2.04. The first-order valence-corrected chi connectivity index (χ1v) is 10.6. The number of carbonyl (C=O) groups is 1. The molecule has 1 N–H and O–H groups in total. The van der Waals surface area contributed by atoms with E-state index in [1.807, 2.05) is 29.6 Å². The van der Waals surface area contributed by atoms with E-state index >= 15 is 0 Å². The Labute approximate surface area is 156 Å². The van der Waals surface area contributed by atoms with Gasteiger partial charge in [-0.2, -0.15) is 0 Å². The molecule has 7 heteroatoms. The van der Waals surface area contributed by atoms with Crippen LogP contribution in [0.15, 0.2) is 64.9 Å². The van der Waals surface area contributed by atoms with Crippen molar-refractivity contribution in [2.75, 3.05) is 11.1 Å². The van der Waals surface area contributed by atoms with Crippen LogP contribution in [-0.4, -0.2) is 25.1 Å². The van der Waals surface area contributed by atoms with Crippen molar-refractivity contribution in [2.24, 2.45) is 0 Å². The molecule has 134 valence electrons. The molecule has 26 heavy (non-hydrogen) atoms. The summed E-state index contributed by atoms with van der Waals surface area (Å²) < 4.78 is 24.5. The van der Waals surface area contributed by atoms with E-state index in [0.29, 0.717) is 5.13 Å². The summed E-state index contributed by atoms with van der Waals surface area (Å²) in [6.07, 6.45) is 0.967. The Morgan fingerprint density at radius 3 is 2.42 bits per heavy atom. The Morgan fingerprint density at radius 2 is 1.77 bits per heavy atom. The predicted octanol–water partition coefficient (Wildman–Crippen LogP) is 3.78. The lowest BCUT2D eigenvalue weighted by atomic mass is 10.1. The Morgan fingerprint density at radius 1 is 1.08 bits per heavy atom. The first-order valence-electron chi connectivity index (χ1n) is 8.10. The molecule has 0 aliphatic rings. The average molecular weight is 386 g/mol. The number of hydrogen-bond acceptors (Lipinski definition) is 5. The average Bonchev–Trinajstić information content (AvgIpc) is 3.10. The van der Waals surface area contributed by atoms with Crippen LogP contribution in [0.1, 0.15) is 12.5 Å². The molecule has 3 rings (SSSR count). The number of anilines is 1. The van der Waals surface area contributed by atoms with E-state index in [1.54, 1.807) is 18.2 Å². The number of carbonyl (C=O) groups excluding carboxylic acids is 1. The molecule has 2 aromatic carbocycles. The summed E-state index contributed by atoms with van der Waals surface area (Å²) in [5.41, 5.74) is 2.94. The van der Waals surface area contributed by atoms with Gasteiger partial charge in [-0.15, -0.1) is 11.3 Å². The third-order valence-corrected chi connectivity index (χ3v) is 6.22. The lowest BCUT2D eigenvalue weighted by molar-refractivity contribution is -0.113. The number of rotatable bonds is 6. The third kappa shape index (κ3) is 4.36. The van der Waals surface area contributed by atoms with E-state index in [2.05, 4.69) is 17.2 Å². The summed E-state index contributed by atoms with van der Waals surface area (Å²) in [5.74, 6) is -1.21. The summed E-state index contributed by atoms with van der Waals surface area (Å²) in [6, 6.07) is 16.0. The Balaban J connectivity index is 1.68. The van der Waals surface area contributed by atoms with Gasteiger partial charge in [-0.3, -0.25) is 4.79 Å². The number of hydrogen-bond donors (Lipinski definition) is 1. The molecule has 0 atom stereocenters. The van der Waals surface area contributed by atoms with Gasteiger partial charge < -0.3 is 5.32 Å². The van der Waals surface area contributed by atoms with Crippen molar-refractivity contribution >= 4 is 32.2 Å². The molecule has 3 aromatic rings. The molecule has 0 bridgehead atoms. The molecule has 1 aromatic heterocycles. The molecule has 0 saturated heterocycles. The van der Waals surface area contributed by atoms with Gasteiger partial charge in [0.05, 0.1) is 10.6 Å². The van der Waals surface area contributed by atoms with Crippen molar-refractivity contribution in [3.63, 3.8) is 0 Å². The Kier molecular flexibility index (Phi) is 5.49. The maximum atomic E-state index is 12.2. The van der Waals surface area contributed by atoms with Gasteiger partial charge in [0, 0.05) is 10.9 Å². The maximum Gasteiger partial charge on any atom is 0.241 e. The normalized spacial score (nSPS) is 11.3. The topological polar surface area (TPSA) is 76.1 Å². The van der Waals surface area contributed by atoms with Gasteiger partial charge >= 0.3 is 0 Å². The fourth-order valence-electron chi connectivity index (χ4n) is 2.41. The Bertz CT molecular complexity index is 995. The van der Waals surface area contributed by atoms with Crippen LogP contribution in [0.4, 0.5) is 5.13 Å². The van der Waals surface area contributed by atoms with Crippen LogP contribution in [0.2, 0.25) is 0 Å². The van der Waals surface area contributed by atoms with Gasteiger partial charge in [-0.05, 0) is 24.1 Å². The molecule has 0 fully saturated rings. The fourth-order valence-corrected chi connectivity index (χ4v) is 4.31. The van der Waals surface area contributed by atoms with Crippen molar-refractivity contribution in [1.82, 2.24) is 4.98 Å². The zero-order valence-corrected chi connectivity index (χ0v) is 15.8. The van der Waals surface area contributed by atoms with Gasteiger partial charge in [0.2, 0.25) is 5.91 Å². The number of sulfone groups is 1. The van der Waals surface area contributed by atoms with E-state index in [1.165, 1.54) is 29.0 Å². The molecule has 0 unspecified atom stereocenters. The molecule has 0 aliphatic heterocycles. The van der Waals surface area contributed by atoms with Gasteiger partial charge in [0.15, 0.2) is 15.0 Å². The number of nitrogens with one attached hydrogen (secondary N) is 1. The molecular formula is C19H18N2O3S2. The summed E-state index contributed by atoms with van der Waals surface area (Å²) in [5, 5.41) is 4.79. The highest BCUT2D eigenvalue weighted by molar-refractivity contribution is 7.92. The minimum absolute atomic E-state index is 0.131. The second kappa shape index (κ2) is 7.80. The minimum Gasteiger partial charge on any atom is -0.301 e. The van der Waals surface area contributed by atoms with Gasteiger partial charge in [-0.25, -0.2) is 13.4 Å². The highest BCUT2D eigenvalue weighted by Gasteiger charge is 2.20. The number of thiazole rings is 1. The number of amides is 1. The fraction of sp³-hybridized carbons (Fsp3) is 0.158. The zero-order chi connectivity index (χ0) is 18.6. The SMILES string of the molecule is CCc1ccc(-c2csc(NC(=O)CS(=O)(=O)c3ccccc3)n2)cc1. The van der Waals surface area contributed by atoms with Crippen LogP contribution in [-0.2, 0) is 21.1 Å². The van der Waals surface area contributed by atoms with Crippen LogP contribution in [0.5, 0.6) is 0 Å². The second-order valence-electron chi connectivity index (χ2n) is 5.71. The predicted molar refractivity (Wildman–Crippen MR) is 104 cm³/mol. The van der Waals surface area contributed by atoms with E-state index in [9.17, 15) is 13.2 Å². The van der Waals surface area contributed by atoms with Crippen molar-refractivity contribution < 1.29 is 13.2 Å². The largest absolute Gasteiger partial charge is 0.301 e. The van der Waals surface area contributed by atoms with Crippen LogP contribution >= 0.6 is 11.3 Å². The Hall–Kier alpha value is -2.51. The second-order valence-corrected chi connectivity index (χ2v) is 8.56. The van der Waals surface area contributed by atoms with Crippen LogP contribution in [0, 0.1) is 0 Å². The lowest BCUT2D eigenvalue weighted by Crippen LogP contribution is -2.22.